The molecule has 0 aliphatic carbocycles. The van der Waals surface area contributed by atoms with Crippen molar-refractivity contribution in [1.29, 1.82) is 0 Å². The molecule has 1 aliphatic heterocycles. The maximum absolute atomic E-state index is 11.6. The van der Waals surface area contributed by atoms with Gasteiger partial charge in [0.15, 0.2) is 0 Å². The van der Waals surface area contributed by atoms with Crippen LogP contribution in [0.15, 0.2) is 18.2 Å². The van der Waals surface area contributed by atoms with E-state index >= 15 is 0 Å². The number of esters is 1. The number of likely N-dealkylation sites (N-methyl/N-ethyl adjacent to an activating group) is 1. The number of benzene rings is 1. The Morgan fingerprint density at radius 3 is 3.00 bits per heavy atom. The third-order valence-corrected chi connectivity index (χ3v) is 3.20. The van der Waals surface area contributed by atoms with E-state index < -0.39 is 0 Å². The van der Waals surface area contributed by atoms with Crippen molar-refractivity contribution in [1.82, 2.24) is 4.90 Å². The van der Waals surface area contributed by atoms with Crippen LogP contribution >= 0.6 is 0 Å². The van der Waals surface area contributed by atoms with Crippen molar-refractivity contribution in [3.8, 4) is 0 Å². The maximum atomic E-state index is 11.6. The van der Waals surface area contributed by atoms with Crippen LogP contribution in [-0.4, -0.2) is 31.1 Å². The lowest BCUT2D eigenvalue weighted by Crippen LogP contribution is -2.31. The molecule has 0 aromatic heterocycles. The lowest BCUT2D eigenvalue weighted by Gasteiger charge is -2.28. The molecule has 86 valence electrons. The number of hydrogen-bond acceptors (Lipinski definition) is 3. The first-order valence-electron chi connectivity index (χ1n) is 5.67. The summed E-state index contributed by atoms with van der Waals surface area (Å²) < 4.78 is 4.80. The zero-order valence-electron chi connectivity index (χ0n) is 9.82. The number of nitrogens with zero attached hydrogens (tertiary/aromatic N) is 1. The minimum Gasteiger partial charge on any atom is -0.465 e. The third kappa shape index (κ3) is 1.95. The Hall–Kier alpha value is -1.35. The zero-order chi connectivity index (χ0) is 11.5. The predicted molar refractivity (Wildman–Crippen MR) is 62.4 cm³/mol. The smallest absolute Gasteiger partial charge is 0.338 e. The van der Waals surface area contributed by atoms with Crippen LogP contribution in [0.25, 0.3) is 0 Å². The van der Waals surface area contributed by atoms with Gasteiger partial charge in [-0.05, 0) is 30.2 Å². The summed E-state index contributed by atoms with van der Waals surface area (Å²) in [6, 6.07) is 5.89. The lowest BCUT2D eigenvalue weighted by molar-refractivity contribution is 0.0598. The molecule has 0 fully saturated rings. The first-order chi connectivity index (χ1) is 7.76. The van der Waals surface area contributed by atoms with Gasteiger partial charge in [-0.15, -0.1) is 0 Å². The van der Waals surface area contributed by atoms with E-state index in [1.54, 1.807) is 0 Å². The highest BCUT2D eigenvalue weighted by atomic mass is 16.5. The van der Waals surface area contributed by atoms with Crippen molar-refractivity contribution in [2.45, 2.75) is 19.9 Å². The van der Waals surface area contributed by atoms with Gasteiger partial charge in [-0.2, -0.15) is 0 Å². The molecular weight excluding hydrogens is 202 g/mol. The zero-order valence-corrected chi connectivity index (χ0v) is 9.82. The van der Waals surface area contributed by atoms with Gasteiger partial charge in [0.1, 0.15) is 0 Å². The summed E-state index contributed by atoms with van der Waals surface area (Å²) in [5.41, 5.74) is 3.16. The molecule has 1 aromatic carbocycles. The number of rotatable bonds is 2. The standard InChI is InChI=1S/C13H17NO2/c1-3-14-8-7-11-10(9-14)5-4-6-12(11)13(15)16-2/h4-6H,3,7-9H2,1-2H3. The number of methoxy groups -OCH3 is 1. The Labute approximate surface area is 96.0 Å². The Morgan fingerprint density at radius 2 is 2.31 bits per heavy atom. The molecule has 1 aliphatic rings. The summed E-state index contributed by atoms with van der Waals surface area (Å²) in [7, 11) is 1.43. The number of carbonyl (C=O) groups is 1. The van der Waals surface area contributed by atoms with Gasteiger partial charge in [0.2, 0.25) is 0 Å². The molecule has 0 unspecified atom stereocenters. The van der Waals surface area contributed by atoms with Crippen LogP contribution in [0, 0.1) is 0 Å². The summed E-state index contributed by atoms with van der Waals surface area (Å²) in [5, 5.41) is 0. The molecular formula is C13H17NO2. The minimum atomic E-state index is -0.221. The van der Waals surface area contributed by atoms with Crippen LogP contribution < -0.4 is 0 Å². The molecule has 0 radical (unpaired) electrons. The Morgan fingerprint density at radius 1 is 1.50 bits per heavy atom. The number of hydrogen-bond donors (Lipinski definition) is 0. The van der Waals surface area contributed by atoms with Gasteiger partial charge >= 0.3 is 5.97 Å². The number of carbonyl (C=O) groups excluding carboxylic acids is 1. The average molecular weight is 219 g/mol. The first kappa shape index (κ1) is 11.1. The van der Waals surface area contributed by atoms with Gasteiger partial charge in [-0.1, -0.05) is 19.1 Å². The van der Waals surface area contributed by atoms with Crippen molar-refractivity contribution in [3.63, 3.8) is 0 Å². The number of ether oxygens (including phenoxy) is 1. The average Bonchev–Trinajstić information content (AvgIpc) is 2.36. The molecule has 0 amide bonds. The Kier molecular flexibility index (Phi) is 3.25. The van der Waals surface area contributed by atoms with Gasteiger partial charge in [-0.25, -0.2) is 4.79 Å². The molecule has 2 rings (SSSR count). The molecule has 1 aromatic rings. The van der Waals surface area contributed by atoms with Crippen molar-refractivity contribution < 1.29 is 9.53 Å². The van der Waals surface area contributed by atoms with E-state index in [1.165, 1.54) is 18.2 Å². The topological polar surface area (TPSA) is 29.5 Å². The lowest BCUT2D eigenvalue weighted by atomic mass is 9.94. The van der Waals surface area contributed by atoms with Crippen LogP contribution in [0.3, 0.4) is 0 Å². The first-order valence-corrected chi connectivity index (χ1v) is 5.67. The second-order valence-corrected chi connectivity index (χ2v) is 4.05. The molecule has 0 N–H and O–H groups in total. The molecule has 0 saturated carbocycles. The summed E-state index contributed by atoms with van der Waals surface area (Å²) in [6.07, 6.45) is 0.939. The predicted octanol–water partition coefficient (Wildman–Crippen LogP) is 1.85. The fourth-order valence-corrected chi connectivity index (χ4v) is 2.24. The van der Waals surface area contributed by atoms with E-state index in [1.807, 2.05) is 12.1 Å². The van der Waals surface area contributed by atoms with E-state index in [4.69, 9.17) is 4.74 Å². The SMILES string of the molecule is CCN1CCc2c(cccc2C(=O)OC)C1. The molecule has 3 heteroatoms. The molecule has 3 nitrogen and oxygen atoms in total. The molecule has 0 bridgehead atoms. The van der Waals surface area contributed by atoms with E-state index in [0.29, 0.717) is 0 Å². The van der Waals surface area contributed by atoms with Gasteiger partial charge in [-0.3, -0.25) is 4.90 Å². The summed E-state index contributed by atoms with van der Waals surface area (Å²) in [6.45, 7) is 5.19. The molecule has 16 heavy (non-hydrogen) atoms. The van der Waals surface area contributed by atoms with Crippen LogP contribution in [0.5, 0.6) is 0 Å². The van der Waals surface area contributed by atoms with Crippen molar-refractivity contribution in [3.05, 3.63) is 34.9 Å². The van der Waals surface area contributed by atoms with E-state index in [0.717, 1.165) is 31.6 Å². The van der Waals surface area contributed by atoms with E-state index in [-0.39, 0.29) is 5.97 Å². The minimum absolute atomic E-state index is 0.221. The molecule has 0 atom stereocenters. The summed E-state index contributed by atoms with van der Waals surface area (Å²) in [5.74, 6) is -0.221. The quantitative estimate of drug-likeness (QED) is 0.711. The van der Waals surface area contributed by atoms with E-state index in [9.17, 15) is 4.79 Å². The van der Waals surface area contributed by atoms with Gasteiger partial charge in [0.25, 0.3) is 0 Å². The van der Waals surface area contributed by atoms with Crippen LogP contribution in [0.2, 0.25) is 0 Å². The van der Waals surface area contributed by atoms with Crippen molar-refractivity contribution in [2.24, 2.45) is 0 Å². The highest BCUT2D eigenvalue weighted by Gasteiger charge is 2.20. The Balaban J connectivity index is 2.35. The van der Waals surface area contributed by atoms with Gasteiger partial charge in [0, 0.05) is 13.1 Å². The van der Waals surface area contributed by atoms with Crippen LogP contribution in [0.1, 0.15) is 28.4 Å². The third-order valence-electron chi connectivity index (χ3n) is 3.20. The van der Waals surface area contributed by atoms with Crippen LogP contribution in [0.4, 0.5) is 0 Å². The number of fused-ring (bicyclic) bond motifs is 1. The molecule has 0 saturated heterocycles. The fraction of sp³-hybridized carbons (Fsp3) is 0.462. The Bertz CT molecular complexity index is 401. The normalized spacial score (nSPS) is 15.6. The highest BCUT2D eigenvalue weighted by molar-refractivity contribution is 5.91. The summed E-state index contributed by atoms with van der Waals surface area (Å²) in [4.78, 5) is 14.0. The maximum Gasteiger partial charge on any atom is 0.338 e. The second-order valence-electron chi connectivity index (χ2n) is 4.05. The van der Waals surface area contributed by atoms with Crippen molar-refractivity contribution in [2.75, 3.05) is 20.2 Å². The van der Waals surface area contributed by atoms with Gasteiger partial charge < -0.3 is 4.74 Å². The largest absolute Gasteiger partial charge is 0.465 e. The van der Waals surface area contributed by atoms with Gasteiger partial charge in [0.05, 0.1) is 12.7 Å². The van der Waals surface area contributed by atoms with Crippen molar-refractivity contribution >= 4 is 5.97 Å². The molecule has 0 spiro atoms. The monoisotopic (exact) mass is 219 g/mol. The summed E-state index contributed by atoms with van der Waals surface area (Å²) >= 11 is 0. The fourth-order valence-electron chi connectivity index (χ4n) is 2.24. The second kappa shape index (κ2) is 4.66. The highest BCUT2D eigenvalue weighted by Crippen LogP contribution is 2.22. The van der Waals surface area contributed by atoms with E-state index in [2.05, 4.69) is 17.9 Å². The molecule has 1 heterocycles. The van der Waals surface area contributed by atoms with Crippen LogP contribution in [-0.2, 0) is 17.7 Å².